The van der Waals surface area contributed by atoms with E-state index in [-0.39, 0.29) is 40.6 Å². The van der Waals surface area contributed by atoms with Gasteiger partial charge in [-0.15, -0.1) is 0 Å². The fourth-order valence-corrected chi connectivity index (χ4v) is 13.9. The standard InChI is InChI=1S/C45H72O17/c1-19-9-14-45(55-18-19)20(2)29-27(62-45)16-44(54)26-8-7-23-15-24(10-12-42(23,5)25(26)11-13-43(29,44)6)58-41-38(61-40-35(52)33(50)31(48)22(4)57-40)36(53)37(28(17-46)59-41)60-39-34(51)32(49)30(47)21(3)56-39/h7,19-22,24-41,46-54H,8-18H2,1-6H3. The van der Waals surface area contributed by atoms with Crippen molar-refractivity contribution in [2.45, 2.75) is 215 Å². The van der Waals surface area contributed by atoms with E-state index in [2.05, 4.69) is 33.8 Å². The molecule has 0 aromatic carbocycles. The lowest BCUT2D eigenvalue weighted by Crippen LogP contribution is -2.66. The summed E-state index contributed by atoms with van der Waals surface area (Å²) in [4.78, 5) is 0. The minimum atomic E-state index is -1.73. The molecule has 9 rings (SSSR count). The third kappa shape index (κ3) is 7.13. The Morgan fingerprint density at radius 2 is 1.34 bits per heavy atom. The minimum absolute atomic E-state index is 0.0526. The van der Waals surface area contributed by atoms with Crippen LogP contribution in [0.4, 0.5) is 0 Å². The Morgan fingerprint density at radius 3 is 1.95 bits per heavy atom. The van der Waals surface area contributed by atoms with Gasteiger partial charge in [0.05, 0.1) is 43.2 Å². The normalized spacial score (nSPS) is 58.9. The summed E-state index contributed by atoms with van der Waals surface area (Å²) in [6, 6.07) is 0. The van der Waals surface area contributed by atoms with Crippen molar-refractivity contribution in [3.05, 3.63) is 11.6 Å². The van der Waals surface area contributed by atoms with Gasteiger partial charge in [-0.3, -0.25) is 0 Å². The summed E-state index contributed by atoms with van der Waals surface area (Å²) in [5, 5.41) is 98.9. The van der Waals surface area contributed by atoms with Gasteiger partial charge in [-0.25, -0.2) is 0 Å². The van der Waals surface area contributed by atoms with Gasteiger partial charge in [0.1, 0.15) is 61.0 Å². The summed E-state index contributed by atoms with van der Waals surface area (Å²) in [5.74, 6) is 0.639. The van der Waals surface area contributed by atoms with Crippen LogP contribution in [0.15, 0.2) is 11.6 Å². The highest BCUT2D eigenvalue weighted by molar-refractivity contribution is 5.29. The zero-order chi connectivity index (χ0) is 44.4. The number of fused-ring (bicyclic) bond motifs is 7. The monoisotopic (exact) mass is 884 g/mol. The second-order valence-electron chi connectivity index (χ2n) is 21.2. The third-order valence-corrected chi connectivity index (χ3v) is 17.8. The van der Waals surface area contributed by atoms with Crippen LogP contribution >= 0.6 is 0 Å². The maximum absolute atomic E-state index is 13.0. The molecule has 9 N–H and O–H groups in total. The van der Waals surface area contributed by atoms with Gasteiger partial charge in [-0.05, 0) is 82.0 Å². The lowest BCUT2D eigenvalue weighted by atomic mass is 9.45. The van der Waals surface area contributed by atoms with Crippen LogP contribution in [0.5, 0.6) is 0 Å². The van der Waals surface area contributed by atoms with Crippen LogP contribution in [-0.4, -0.2) is 175 Å². The van der Waals surface area contributed by atoms with Crippen molar-refractivity contribution in [3.8, 4) is 0 Å². The second-order valence-corrected chi connectivity index (χ2v) is 21.2. The van der Waals surface area contributed by atoms with E-state index >= 15 is 0 Å². The molecule has 62 heavy (non-hydrogen) atoms. The highest BCUT2D eigenvalue weighted by Gasteiger charge is 2.74. The summed E-state index contributed by atoms with van der Waals surface area (Å²) in [6.45, 7) is 12.1. The van der Waals surface area contributed by atoms with Crippen molar-refractivity contribution < 1.29 is 83.9 Å². The summed E-state index contributed by atoms with van der Waals surface area (Å²) < 4.78 is 49.9. The molecule has 0 amide bonds. The van der Waals surface area contributed by atoms with Gasteiger partial charge in [-0.1, -0.05) is 39.3 Å². The fourth-order valence-electron chi connectivity index (χ4n) is 13.9. The predicted octanol–water partition coefficient (Wildman–Crippen LogP) is 0.357. The largest absolute Gasteiger partial charge is 0.394 e. The minimum Gasteiger partial charge on any atom is -0.394 e. The van der Waals surface area contributed by atoms with Crippen molar-refractivity contribution in [2.24, 2.45) is 40.4 Å². The van der Waals surface area contributed by atoms with Crippen LogP contribution in [-0.2, 0) is 37.9 Å². The molecule has 17 heteroatoms. The molecule has 1 spiro atoms. The molecule has 17 nitrogen and oxygen atoms in total. The molecule has 5 aliphatic heterocycles. The van der Waals surface area contributed by atoms with E-state index in [1.54, 1.807) is 0 Å². The van der Waals surface area contributed by atoms with Crippen molar-refractivity contribution >= 4 is 0 Å². The Morgan fingerprint density at radius 1 is 0.694 bits per heavy atom. The van der Waals surface area contributed by atoms with Gasteiger partial charge in [0.15, 0.2) is 24.7 Å². The molecule has 3 saturated carbocycles. The van der Waals surface area contributed by atoms with E-state index in [1.807, 2.05) is 0 Å². The highest BCUT2D eigenvalue weighted by Crippen LogP contribution is 2.72. The van der Waals surface area contributed by atoms with Gasteiger partial charge in [0.25, 0.3) is 0 Å². The molecule has 5 saturated heterocycles. The maximum atomic E-state index is 13.0. The molecule has 0 bridgehead atoms. The third-order valence-electron chi connectivity index (χ3n) is 17.8. The quantitative estimate of drug-likeness (QED) is 0.157. The molecule has 354 valence electrons. The summed E-state index contributed by atoms with van der Waals surface area (Å²) >= 11 is 0. The number of rotatable bonds is 7. The van der Waals surface area contributed by atoms with Crippen molar-refractivity contribution in [3.63, 3.8) is 0 Å². The molecule has 4 aliphatic carbocycles. The number of hydrogen-bond acceptors (Lipinski definition) is 17. The lowest BCUT2D eigenvalue weighted by Gasteiger charge is -2.62. The Balaban J connectivity index is 0.928. The number of allylic oxidation sites excluding steroid dienone is 1. The number of ether oxygens (including phenoxy) is 8. The first-order chi connectivity index (χ1) is 29.3. The first kappa shape index (κ1) is 46.2. The van der Waals surface area contributed by atoms with E-state index in [0.717, 1.165) is 38.5 Å². The average molecular weight is 885 g/mol. The molecule has 0 aromatic heterocycles. The van der Waals surface area contributed by atoms with Crippen LogP contribution in [0.3, 0.4) is 0 Å². The van der Waals surface area contributed by atoms with Crippen LogP contribution in [0.1, 0.15) is 99.3 Å². The molecule has 0 aromatic rings. The van der Waals surface area contributed by atoms with E-state index in [0.29, 0.717) is 31.8 Å². The molecule has 0 radical (unpaired) electrons. The number of hydrogen-bond donors (Lipinski definition) is 9. The van der Waals surface area contributed by atoms with Crippen molar-refractivity contribution in [2.75, 3.05) is 13.2 Å². The van der Waals surface area contributed by atoms with Gasteiger partial charge in [-0.2, -0.15) is 0 Å². The van der Waals surface area contributed by atoms with Crippen molar-refractivity contribution in [1.82, 2.24) is 0 Å². The van der Waals surface area contributed by atoms with Gasteiger partial charge in [0.2, 0.25) is 0 Å². The molecule has 8 fully saturated rings. The summed E-state index contributed by atoms with van der Waals surface area (Å²) in [5.41, 5.74) is -0.167. The van der Waals surface area contributed by atoms with Crippen LogP contribution in [0.2, 0.25) is 0 Å². The van der Waals surface area contributed by atoms with Crippen LogP contribution < -0.4 is 0 Å². The molecule has 26 atom stereocenters. The number of aliphatic hydroxyl groups is 9. The SMILES string of the molecule is CC1CCC2(OC1)OC1CC3(O)C4CC=C5CC(OC6OC(CO)C(OC7OC(C)C(O)C(O)C7O)C(O)C6OC6OC(C)C(O)C(O)C6O)CCC5(C)C4CCC3(C)C1C2C. The van der Waals surface area contributed by atoms with Gasteiger partial charge >= 0.3 is 0 Å². The average Bonchev–Trinajstić information content (AvgIpc) is 3.64. The maximum Gasteiger partial charge on any atom is 0.187 e. The van der Waals surface area contributed by atoms with E-state index in [1.165, 1.54) is 19.4 Å². The zero-order valence-electron chi connectivity index (χ0n) is 36.8. The molecule has 5 heterocycles. The second kappa shape index (κ2) is 16.7. The molecular weight excluding hydrogens is 812 g/mol. The smallest absolute Gasteiger partial charge is 0.187 e. The Bertz CT molecular complexity index is 1640. The van der Waals surface area contributed by atoms with Crippen LogP contribution in [0, 0.1) is 40.4 Å². The Hall–Kier alpha value is -0.940. The summed E-state index contributed by atoms with van der Waals surface area (Å²) in [7, 11) is 0. The van der Waals surface area contributed by atoms with Gasteiger partial charge in [0, 0.05) is 30.1 Å². The molecule has 9 aliphatic rings. The fraction of sp³-hybridized carbons (Fsp3) is 0.956. The van der Waals surface area contributed by atoms with Crippen LogP contribution in [0.25, 0.3) is 0 Å². The van der Waals surface area contributed by atoms with E-state index in [9.17, 15) is 46.0 Å². The lowest BCUT2D eigenvalue weighted by molar-refractivity contribution is -0.388. The first-order valence-corrected chi connectivity index (χ1v) is 23.3. The zero-order valence-corrected chi connectivity index (χ0v) is 36.8. The number of aliphatic hydroxyl groups excluding tert-OH is 8. The Kier molecular flexibility index (Phi) is 12.4. The topological polar surface area (TPSA) is 256 Å². The van der Waals surface area contributed by atoms with E-state index in [4.69, 9.17) is 37.9 Å². The van der Waals surface area contributed by atoms with Crippen molar-refractivity contribution in [1.29, 1.82) is 0 Å². The molecule has 26 unspecified atom stereocenters. The highest BCUT2D eigenvalue weighted by atomic mass is 16.8. The predicted molar refractivity (Wildman–Crippen MR) is 214 cm³/mol. The first-order valence-electron chi connectivity index (χ1n) is 23.3. The summed E-state index contributed by atoms with van der Waals surface area (Å²) in [6.07, 6.45) is -12.9. The van der Waals surface area contributed by atoms with E-state index < -0.39 is 116 Å². The molecular formula is C45H72O17. The van der Waals surface area contributed by atoms with Gasteiger partial charge < -0.3 is 83.9 Å². The Labute approximate surface area is 363 Å².